The van der Waals surface area contributed by atoms with E-state index in [2.05, 4.69) is 4.98 Å². The first-order valence-electron chi connectivity index (χ1n) is 3.28. The fourth-order valence-corrected chi connectivity index (χ4v) is 0.685. The van der Waals surface area contributed by atoms with Crippen molar-refractivity contribution in [1.82, 2.24) is 4.98 Å². The molecule has 0 aliphatic heterocycles. The molecule has 11 heavy (non-hydrogen) atoms. The van der Waals surface area contributed by atoms with Crippen LogP contribution in [0.4, 0.5) is 0 Å². The molecule has 0 spiro atoms. The van der Waals surface area contributed by atoms with Gasteiger partial charge < -0.3 is 4.74 Å². The molecule has 1 aromatic heterocycles. The van der Waals surface area contributed by atoms with Crippen LogP contribution in [0.3, 0.4) is 0 Å². The van der Waals surface area contributed by atoms with Crippen molar-refractivity contribution in [1.29, 1.82) is 5.26 Å². The molecular formula is C8H8N2O. The van der Waals surface area contributed by atoms with E-state index in [0.29, 0.717) is 6.61 Å². The fourth-order valence-electron chi connectivity index (χ4n) is 0.685. The molecule has 3 nitrogen and oxygen atoms in total. The maximum atomic E-state index is 8.15. The van der Waals surface area contributed by atoms with E-state index in [4.69, 9.17) is 10.00 Å². The molecule has 0 aliphatic carbocycles. The summed E-state index contributed by atoms with van der Waals surface area (Å²) in [5.74, 6) is 0. The number of hydrogen-bond donors (Lipinski definition) is 0. The lowest BCUT2D eigenvalue weighted by atomic mass is 10.4. The normalized spacial score (nSPS) is 9.00. The van der Waals surface area contributed by atoms with Gasteiger partial charge in [-0.3, -0.25) is 4.98 Å². The van der Waals surface area contributed by atoms with E-state index >= 15 is 0 Å². The van der Waals surface area contributed by atoms with E-state index in [-0.39, 0.29) is 6.61 Å². The molecule has 0 amide bonds. The second-order valence-corrected chi connectivity index (χ2v) is 1.97. The van der Waals surface area contributed by atoms with Crippen molar-refractivity contribution in [3.63, 3.8) is 0 Å². The van der Waals surface area contributed by atoms with Crippen molar-refractivity contribution in [3.8, 4) is 6.07 Å². The monoisotopic (exact) mass is 148 g/mol. The first-order chi connectivity index (χ1) is 5.43. The van der Waals surface area contributed by atoms with Crippen LogP contribution in [0.5, 0.6) is 0 Å². The van der Waals surface area contributed by atoms with Gasteiger partial charge in [-0.25, -0.2) is 0 Å². The van der Waals surface area contributed by atoms with Gasteiger partial charge in [0.15, 0.2) is 0 Å². The molecule has 56 valence electrons. The van der Waals surface area contributed by atoms with Gasteiger partial charge in [-0.05, 0) is 12.1 Å². The quantitative estimate of drug-likeness (QED) is 0.603. The second kappa shape index (κ2) is 4.42. The minimum absolute atomic E-state index is 0.122. The maximum absolute atomic E-state index is 8.15. The Balaban J connectivity index is 2.35. The lowest BCUT2D eigenvalue weighted by Crippen LogP contribution is -1.94. The molecule has 1 aromatic rings. The number of nitrogens with zero attached hydrogens (tertiary/aromatic N) is 2. The van der Waals surface area contributed by atoms with Crippen LogP contribution in [0.15, 0.2) is 24.4 Å². The van der Waals surface area contributed by atoms with Crippen LogP contribution < -0.4 is 0 Å². The average Bonchev–Trinajstić information content (AvgIpc) is 2.07. The minimum Gasteiger partial charge on any atom is -0.360 e. The predicted octanol–water partition coefficient (Wildman–Crippen LogP) is 1.12. The largest absolute Gasteiger partial charge is 0.360 e. The molecule has 1 heterocycles. The van der Waals surface area contributed by atoms with Crippen LogP contribution in [0.2, 0.25) is 0 Å². The number of rotatable bonds is 3. The SMILES string of the molecule is N#CCOCc1ccccn1. The van der Waals surface area contributed by atoms with E-state index in [0.717, 1.165) is 5.69 Å². The zero-order valence-electron chi connectivity index (χ0n) is 6.03. The Kier molecular flexibility index (Phi) is 3.10. The van der Waals surface area contributed by atoms with Crippen LogP contribution in [0.25, 0.3) is 0 Å². The molecule has 0 atom stereocenters. The van der Waals surface area contributed by atoms with Crippen LogP contribution in [0, 0.1) is 11.3 Å². The Labute approximate surface area is 65.3 Å². The summed E-state index contributed by atoms with van der Waals surface area (Å²) in [5, 5.41) is 8.15. The summed E-state index contributed by atoms with van der Waals surface area (Å²) in [6, 6.07) is 7.47. The third kappa shape index (κ3) is 2.78. The number of ether oxygens (including phenoxy) is 1. The van der Waals surface area contributed by atoms with E-state index in [1.165, 1.54) is 0 Å². The zero-order valence-corrected chi connectivity index (χ0v) is 6.03. The number of hydrogen-bond acceptors (Lipinski definition) is 3. The highest BCUT2D eigenvalue weighted by Crippen LogP contribution is 1.94. The lowest BCUT2D eigenvalue weighted by molar-refractivity contribution is 0.149. The molecule has 0 fully saturated rings. The number of pyridine rings is 1. The summed E-state index contributed by atoms with van der Waals surface area (Å²) in [5.41, 5.74) is 0.850. The smallest absolute Gasteiger partial charge is 0.134 e. The van der Waals surface area contributed by atoms with E-state index < -0.39 is 0 Å². The highest BCUT2D eigenvalue weighted by molar-refractivity contribution is 5.01. The van der Waals surface area contributed by atoms with Crippen molar-refractivity contribution < 1.29 is 4.74 Å². The predicted molar refractivity (Wildman–Crippen MR) is 39.5 cm³/mol. The van der Waals surface area contributed by atoms with Crippen molar-refractivity contribution in [2.24, 2.45) is 0 Å². The maximum Gasteiger partial charge on any atom is 0.134 e. The minimum atomic E-state index is 0.122. The molecule has 0 saturated heterocycles. The zero-order chi connectivity index (χ0) is 7.94. The third-order valence-electron chi connectivity index (χ3n) is 1.14. The first-order valence-corrected chi connectivity index (χ1v) is 3.28. The van der Waals surface area contributed by atoms with Crippen molar-refractivity contribution in [3.05, 3.63) is 30.1 Å². The molecule has 0 saturated carbocycles. The first kappa shape index (κ1) is 7.70. The average molecular weight is 148 g/mol. The molecule has 3 heteroatoms. The van der Waals surface area contributed by atoms with Crippen LogP contribution in [0.1, 0.15) is 5.69 Å². The van der Waals surface area contributed by atoms with Gasteiger partial charge in [0.05, 0.1) is 18.4 Å². The van der Waals surface area contributed by atoms with E-state index in [9.17, 15) is 0 Å². The van der Waals surface area contributed by atoms with Crippen LogP contribution in [-0.4, -0.2) is 11.6 Å². The summed E-state index contributed by atoms with van der Waals surface area (Å²) in [4.78, 5) is 4.02. The Morgan fingerprint density at radius 3 is 3.09 bits per heavy atom. The standard InChI is InChI=1S/C8H8N2O/c9-4-6-11-7-8-3-1-2-5-10-8/h1-3,5H,6-7H2. The lowest BCUT2D eigenvalue weighted by Gasteiger charge is -1.96. The van der Waals surface area contributed by atoms with Gasteiger partial charge in [0.2, 0.25) is 0 Å². The van der Waals surface area contributed by atoms with Gasteiger partial charge in [0.25, 0.3) is 0 Å². The summed E-state index contributed by atoms with van der Waals surface area (Å²) in [6.45, 7) is 0.533. The van der Waals surface area contributed by atoms with Crippen molar-refractivity contribution >= 4 is 0 Å². The Bertz CT molecular complexity index is 240. The molecule has 0 N–H and O–H groups in total. The van der Waals surface area contributed by atoms with Crippen molar-refractivity contribution in [2.45, 2.75) is 6.61 Å². The third-order valence-corrected chi connectivity index (χ3v) is 1.14. The van der Waals surface area contributed by atoms with Crippen LogP contribution >= 0.6 is 0 Å². The summed E-state index contributed by atoms with van der Waals surface area (Å²) in [6.07, 6.45) is 1.70. The van der Waals surface area contributed by atoms with Gasteiger partial charge in [0.1, 0.15) is 6.61 Å². The van der Waals surface area contributed by atoms with E-state index in [1.54, 1.807) is 6.20 Å². The highest BCUT2D eigenvalue weighted by atomic mass is 16.5. The van der Waals surface area contributed by atoms with Gasteiger partial charge in [0, 0.05) is 6.20 Å². The molecular weight excluding hydrogens is 140 g/mol. The molecule has 0 aliphatic rings. The van der Waals surface area contributed by atoms with Crippen LogP contribution in [-0.2, 0) is 11.3 Å². The summed E-state index contributed by atoms with van der Waals surface area (Å²) < 4.78 is 4.95. The topological polar surface area (TPSA) is 45.9 Å². The van der Waals surface area contributed by atoms with Gasteiger partial charge >= 0.3 is 0 Å². The Morgan fingerprint density at radius 2 is 2.45 bits per heavy atom. The molecule has 0 radical (unpaired) electrons. The van der Waals surface area contributed by atoms with Gasteiger partial charge in [-0.1, -0.05) is 6.07 Å². The molecule has 1 rings (SSSR count). The van der Waals surface area contributed by atoms with Crippen molar-refractivity contribution in [2.75, 3.05) is 6.61 Å². The Hall–Kier alpha value is -1.40. The molecule has 0 unspecified atom stereocenters. The second-order valence-electron chi connectivity index (χ2n) is 1.97. The Morgan fingerprint density at radius 1 is 1.55 bits per heavy atom. The summed E-state index contributed by atoms with van der Waals surface area (Å²) >= 11 is 0. The van der Waals surface area contributed by atoms with Gasteiger partial charge in [-0.2, -0.15) is 5.26 Å². The molecule has 0 bridgehead atoms. The summed E-state index contributed by atoms with van der Waals surface area (Å²) in [7, 11) is 0. The highest BCUT2D eigenvalue weighted by Gasteiger charge is 1.90. The van der Waals surface area contributed by atoms with E-state index in [1.807, 2.05) is 24.3 Å². The fraction of sp³-hybridized carbons (Fsp3) is 0.250. The number of aromatic nitrogens is 1. The van der Waals surface area contributed by atoms with Gasteiger partial charge in [-0.15, -0.1) is 0 Å². The number of nitriles is 1. The molecule has 0 aromatic carbocycles.